The normalized spacial score (nSPS) is 12.2. The number of rotatable bonds is 6. The third kappa shape index (κ3) is 4.67. The second kappa shape index (κ2) is 6.44. The lowest BCUT2D eigenvalue weighted by Gasteiger charge is -2.37. The molecule has 1 aromatic carbocycles. The molecule has 0 amide bonds. The van der Waals surface area contributed by atoms with Gasteiger partial charge in [-0.3, -0.25) is 0 Å². The van der Waals surface area contributed by atoms with Crippen molar-refractivity contribution in [3.63, 3.8) is 0 Å². The number of benzene rings is 1. The molecular formula is C16H27NO2Si. The zero-order valence-corrected chi connectivity index (χ0v) is 14.3. The molecule has 0 aliphatic rings. The van der Waals surface area contributed by atoms with Crippen molar-refractivity contribution in [1.82, 2.24) is 0 Å². The number of carbonyl (C=O) groups is 1. The fraction of sp³-hybridized carbons (Fsp3) is 0.562. The average molecular weight is 293 g/mol. The first-order valence-electron chi connectivity index (χ1n) is 7.21. The predicted octanol–water partition coefficient (Wildman–Crippen LogP) is 4.70. The van der Waals surface area contributed by atoms with Gasteiger partial charge in [-0.1, -0.05) is 39.9 Å². The molecule has 0 bridgehead atoms. The van der Waals surface area contributed by atoms with E-state index in [-0.39, 0.29) is 0 Å². The Morgan fingerprint density at radius 3 is 2.20 bits per heavy atom. The van der Waals surface area contributed by atoms with Gasteiger partial charge in [-0.25, -0.2) is 4.79 Å². The van der Waals surface area contributed by atoms with Crippen molar-refractivity contribution in [3.05, 3.63) is 29.8 Å². The summed E-state index contributed by atoms with van der Waals surface area (Å²) in [6, 6.07) is 8.24. The molecule has 1 aromatic rings. The van der Waals surface area contributed by atoms with E-state index in [1.54, 1.807) is 12.1 Å². The van der Waals surface area contributed by atoms with Crippen LogP contribution in [0.15, 0.2) is 24.3 Å². The lowest BCUT2D eigenvalue weighted by molar-refractivity contribution is 0.0697. The summed E-state index contributed by atoms with van der Waals surface area (Å²) >= 11 is 0. The van der Waals surface area contributed by atoms with Gasteiger partial charge in [0.2, 0.25) is 0 Å². The summed E-state index contributed by atoms with van der Waals surface area (Å²) in [5.74, 6) is -0.880. The van der Waals surface area contributed by atoms with Crippen LogP contribution in [0.1, 0.15) is 37.6 Å². The second-order valence-corrected chi connectivity index (χ2v) is 12.8. The van der Waals surface area contributed by atoms with Crippen molar-refractivity contribution < 1.29 is 9.90 Å². The number of nitrogens with one attached hydrogen (secondary N) is 1. The van der Waals surface area contributed by atoms with Gasteiger partial charge in [0.1, 0.15) is 0 Å². The molecule has 2 N–H and O–H groups in total. The Morgan fingerprint density at radius 2 is 1.75 bits per heavy atom. The molecule has 0 fully saturated rings. The summed E-state index contributed by atoms with van der Waals surface area (Å²) in [5.41, 5.74) is 1.32. The van der Waals surface area contributed by atoms with Crippen molar-refractivity contribution in [2.75, 3.05) is 11.9 Å². The van der Waals surface area contributed by atoms with E-state index in [9.17, 15) is 4.79 Å². The Morgan fingerprint density at radius 1 is 1.20 bits per heavy atom. The highest BCUT2D eigenvalue weighted by atomic mass is 28.3. The van der Waals surface area contributed by atoms with Gasteiger partial charge in [0.15, 0.2) is 0 Å². The zero-order valence-electron chi connectivity index (χ0n) is 13.3. The largest absolute Gasteiger partial charge is 0.478 e. The van der Waals surface area contributed by atoms with E-state index >= 15 is 0 Å². The molecule has 112 valence electrons. The molecule has 0 heterocycles. The molecule has 0 saturated heterocycles. The Labute approximate surface area is 123 Å². The summed E-state index contributed by atoms with van der Waals surface area (Å²) in [6.45, 7) is 12.9. The molecule has 0 aliphatic carbocycles. The lowest BCUT2D eigenvalue weighted by Crippen LogP contribution is -2.37. The lowest BCUT2D eigenvalue weighted by atomic mass is 10.2. The van der Waals surface area contributed by atoms with Gasteiger partial charge in [-0.05, 0) is 35.7 Å². The predicted molar refractivity (Wildman–Crippen MR) is 88.5 cm³/mol. The van der Waals surface area contributed by atoms with Crippen LogP contribution in [0.4, 0.5) is 5.69 Å². The first-order valence-corrected chi connectivity index (χ1v) is 10.4. The van der Waals surface area contributed by atoms with E-state index < -0.39 is 14.0 Å². The van der Waals surface area contributed by atoms with Crippen LogP contribution in [-0.2, 0) is 0 Å². The average Bonchev–Trinajstić information content (AvgIpc) is 2.34. The van der Waals surface area contributed by atoms with Gasteiger partial charge in [-0.15, -0.1) is 0 Å². The Hall–Kier alpha value is -1.29. The zero-order chi connectivity index (χ0) is 15.4. The first kappa shape index (κ1) is 16.8. The van der Waals surface area contributed by atoms with E-state index in [1.807, 2.05) is 12.1 Å². The summed E-state index contributed by atoms with van der Waals surface area (Å²) in [4.78, 5) is 10.8. The number of hydrogen-bond donors (Lipinski definition) is 2. The maximum Gasteiger partial charge on any atom is 0.335 e. The van der Waals surface area contributed by atoms with Crippen LogP contribution in [0.5, 0.6) is 0 Å². The molecule has 0 spiro atoms. The molecule has 3 nitrogen and oxygen atoms in total. The third-order valence-corrected chi connectivity index (χ3v) is 10.1. The van der Waals surface area contributed by atoms with Gasteiger partial charge in [-0.2, -0.15) is 0 Å². The smallest absolute Gasteiger partial charge is 0.335 e. The van der Waals surface area contributed by atoms with Crippen LogP contribution in [0, 0.1) is 0 Å². The minimum absolute atomic E-state index is 0.330. The summed E-state index contributed by atoms with van der Waals surface area (Å²) in [6.07, 6.45) is 1.16. The first-order chi connectivity index (χ1) is 9.13. The van der Waals surface area contributed by atoms with Crippen molar-refractivity contribution in [2.45, 2.75) is 51.4 Å². The molecule has 0 atom stereocenters. The molecule has 0 aromatic heterocycles. The molecule has 20 heavy (non-hydrogen) atoms. The van der Waals surface area contributed by atoms with Gasteiger partial charge < -0.3 is 10.4 Å². The Balaban J connectivity index is 2.40. The highest BCUT2D eigenvalue weighted by Gasteiger charge is 2.33. The van der Waals surface area contributed by atoms with Gasteiger partial charge in [0, 0.05) is 12.2 Å². The monoisotopic (exact) mass is 293 g/mol. The van der Waals surface area contributed by atoms with Gasteiger partial charge in [0.05, 0.1) is 13.6 Å². The highest BCUT2D eigenvalue weighted by molar-refractivity contribution is 6.80. The van der Waals surface area contributed by atoms with Crippen molar-refractivity contribution in [3.8, 4) is 0 Å². The van der Waals surface area contributed by atoms with Crippen LogP contribution in [0.3, 0.4) is 0 Å². The molecule has 4 heteroatoms. The second-order valence-electron chi connectivity index (χ2n) is 7.05. The number of hydrogen-bond acceptors (Lipinski definition) is 2. The van der Waals surface area contributed by atoms with E-state index in [2.05, 4.69) is 39.2 Å². The highest BCUT2D eigenvalue weighted by Crippen LogP contribution is 2.39. The SMILES string of the molecule is CC(C)(C)[Si](C)(C)CCCNc1ccc(C(=O)O)cc1. The van der Waals surface area contributed by atoms with Crippen LogP contribution in [0.25, 0.3) is 0 Å². The number of aromatic carboxylic acids is 1. The Bertz CT molecular complexity index is 447. The number of anilines is 1. The Kier molecular flexibility index (Phi) is 5.40. The van der Waals surface area contributed by atoms with Crippen LogP contribution in [-0.4, -0.2) is 25.7 Å². The molecule has 0 unspecified atom stereocenters. The molecule has 0 radical (unpaired) electrons. The number of carboxylic acids is 1. The van der Waals surface area contributed by atoms with Crippen LogP contribution in [0.2, 0.25) is 24.2 Å². The summed E-state index contributed by atoms with van der Waals surface area (Å²) < 4.78 is 0. The van der Waals surface area contributed by atoms with Crippen molar-refractivity contribution >= 4 is 19.7 Å². The minimum atomic E-state index is -1.18. The van der Waals surface area contributed by atoms with Crippen LogP contribution < -0.4 is 5.32 Å². The maximum atomic E-state index is 10.8. The fourth-order valence-electron chi connectivity index (χ4n) is 1.87. The quantitative estimate of drug-likeness (QED) is 0.590. The van der Waals surface area contributed by atoms with E-state index in [1.165, 1.54) is 6.04 Å². The van der Waals surface area contributed by atoms with Crippen molar-refractivity contribution in [2.24, 2.45) is 0 Å². The fourth-order valence-corrected chi connectivity index (χ4v) is 3.68. The van der Waals surface area contributed by atoms with E-state index in [4.69, 9.17) is 5.11 Å². The maximum absolute atomic E-state index is 10.8. The third-order valence-electron chi connectivity index (χ3n) is 4.47. The summed E-state index contributed by atoms with van der Waals surface area (Å²) in [7, 11) is -1.18. The molecular weight excluding hydrogens is 266 g/mol. The molecule has 1 rings (SSSR count). The summed E-state index contributed by atoms with van der Waals surface area (Å²) in [5, 5.41) is 12.6. The van der Waals surface area contributed by atoms with Gasteiger partial charge >= 0.3 is 5.97 Å². The van der Waals surface area contributed by atoms with E-state index in [0.717, 1.165) is 18.7 Å². The topological polar surface area (TPSA) is 49.3 Å². The standard InChI is InChI=1S/C16H27NO2Si/c1-16(2,3)20(4,5)12-6-11-17-14-9-7-13(8-10-14)15(18)19/h7-10,17H,6,11-12H2,1-5H3,(H,18,19). The van der Waals surface area contributed by atoms with Crippen molar-refractivity contribution in [1.29, 1.82) is 0 Å². The molecule has 0 aliphatic heterocycles. The molecule has 0 saturated carbocycles. The van der Waals surface area contributed by atoms with E-state index in [0.29, 0.717) is 10.6 Å². The van der Waals surface area contributed by atoms with Gasteiger partial charge in [0.25, 0.3) is 0 Å². The van der Waals surface area contributed by atoms with Crippen LogP contribution >= 0.6 is 0 Å². The minimum Gasteiger partial charge on any atom is -0.478 e. The number of carboxylic acid groups (broad SMARTS) is 1.